The van der Waals surface area contributed by atoms with Crippen LogP contribution < -0.4 is 5.32 Å². The third kappa shape index (κ3) is 26.0. The fraction of sp³-hybridized carbons (Fsp3) is 0.929. The van der Waals surface area contributed by atoms with Crippen molar-refractivity contribution >= 4 is 16.3 Å². The maximum absolute atomic E-state index is 13.1. The molecule has 8 unspecified atom stereocenters. The second kappa shape index (κ2) is 33.6. The standard InChI is InChI=1S/C42H81NO12S/c1-3-5-7-9-11-13-15-17-19-20-22-24-26-28-30-35(45)34(33-53-42-39(48)40(55-56(50,51)52)38(47)37(32-44)54-42)43-41(49)36(46)31-29-27-25-23-21-18-16-14-12-10-8-6-4-2/h28,30,34-40,42,44-48H,3-27,29,31-33H2,1-2H3,(H,43,49)(H,50,51,52)/b30-28+. The highest BCUT2D eigenvalue weighted by molar-refractivity contribution is 7.80. The lowest BCUT2D eigenvalue weighted by Crippen LogP contribution is -2.61. The molecule has 1 aliphatic rings. The fourth-order valence-electron chi connectivity index (χ4n) is 7.11. The van der Waals surface area contributed by atoms with Crippen LogP contribution in [0.4, 0.5) is 0 Å². The molecule has 1 saturated heterocycles. The van der Waals surface area contributed by atoms with Crippen molar-refractivity contribution in [1.82, 2.24) is 5.32 Å². The molecule has 0 radical (unpaired) electrons. The highest BCUT2D eigenvalue weighted by Crippen LogP contribution is 2.26. The predicted molar refractivity (Wildman–Crippen MR) is 219 cm³/mol. The van der Waals surface area contributed by atoms with E-state index in [0.29, 0.717) is 12.8 Å². The van der Waals surface area contributed by atoms with Gasteiger partial charge in [0, 0.05) is 0 Å². The van der Waals surface area contributed by atoms with Crippen molar-refractivity contribution in [1.29, 1.82) is 0 Å². The molecule has 0 saturated carbocycles. The number of allylic oxidation sites excluding steroid dienone is 1. The van der Waals surface area contributed by atoms with E-state index >= 15 is 0 Å². The molecule has 14 heteroatoms. The van der Waals surface area contributed by atoms with Crippen molar-refractivity contribution in [3.05, 3.63) is 12.2 Å². The van der Waals surface area contributed by atoms with E-state index in [2.05, 4.69) is 23.3 Å². The first-order valence-electron chi connectivity index (χ1n) is 22.2. The van der Waals surface area contributed by atoms with Gasteiger partial charge in [0.1, 0.15) is 30.5 Å². The molecule has 1 rings (SSSR count). The predicted octanol–water partition coefficient (Wildman–Crippen LogP) is 6.97. The second-order valence-electron chi connectivity index (χ2n) is 15.8. The Bertz CT molecular complexity index is 1080. The quantitative estimate of drug-likeness (QED) is 0.0192. The number of hydrogen-bond donors (Lipinski definition) is 7. The molecule has 0 aromatic carbocycles. The van der Waals surface area contributed by atoms with E-state index in [0.717, 1.165) is 38.5 Å². The summed E-state index contributed by atoms with van der Waals surface area (Å²) in [5.41, 5.74) is 0. The summed E-state index contributed by atoms with van der Waals surface area (Å²) in [7, 11) is -5.11. The molecule has 0 spiro atoms. The van der Waals surface area contributed by atoms with Crippen LogP contribution in [0.15, 0.2) is 12.2 Å². The molecule has 1 amide bonds. The normalized spacial score (nSPS) is 22.0. The van der Waals surface area contributed by atoms with Crippen LogP contribution in [0.5, 0.6) is 0 Å². The number of nitrogens with one attached hydrogen (secondary N) is 1. The number of aliphatic hydroxyl groups excluding tert-OH is 5. The van der Waals surface area contributed by atoms with Crippen molar-refractivity contribution in [2.45, 2.75) is 236 Å². The Morgan fingerprint density at radius 2 is 1.16 bits per heavy atom. The zero-order chi connectivity index (χ0) is 41.4. The summed E-state index contributed by atoms with van der Waals surface area (Å²) in [5.74, 6) is -0.702. The molecule has 13 nitrogen and oxygen atoms in total. The highest BCUT2D eigenvalue weighted by Gasteiger charge is 2.48. The van der Waals surface area contributed by atoms with Crippen molar-refractivity contribution in [2.75, 3.05) is 13.2 Å². The van der Waals surface area contributed by atoms with Gasteiger partial charge in [0.15, 0.2) is 6.29 Å². The Labute approximate surface area is 339 Å². The molecule has 0 aromatic rings. The van der Waals surface area contributed by atoms with Gasteiger partial charge < -0.3 is 40.3 Å². The maximum Gasteiger partial charge on any atom is 0.397 e. The largest absolute Gasteiger partial charge is 0.397 e. The maximum atomic E-state index is 13.1. The minimum Gasteiger partial charge on any atom is -0.394 e. The van der Waals surface area contributed by atoms with Gasteiger partial charge in [-0.2, -0.15) is 8.42 Å². The van der Waals surface area contributed by atoms with E-state index < -0.39 is 78.5 Å². The monoisotopic (exact) mass is 824 g/mol. The number of unbranched alkanes of at least 4 members (excludes halogenated alkanes) is 24. The Balaban J connectivity index is 2.63. The third-order valence-electron chi connectivity index (χ3n) is 10.7. The summed E-state index contributed by atoms with van der Waals surface area (Å²) in [6.07, 6.45) is 22.9. The molecule has 1 heterocycles. The lowest BCUT2D eigenvalue weighted by molar-refractivity contribution is -0.298. The van der Waals surface area contributed by atoms with Gasteiger partial charge in [-0.25, -0.2) is 4.18 Å². The molecule has 56 heavy (non-hydrogen) atoms. The molecule has 1 aliphatic heterocycles. The summed E-state index contributed by atoms with van der Waals surface area (Å²) in [6, 6.07) is -1.11. The summed E-state index contributed by atoms with van der Waals surface area (Å²) in [4.78, 5) is 13.1. The lowest BCUT2D eigenvalue weighted by atomic mass is 9.99. The van der Waals surface area contributed by atoms with E-state index in [1.165, 1.54) is 122 Å². The lowest BCUT2D eigenvalue weighted by Gasteiger charge is -2.41. The van der Waals surface area contributed by atoms with Crippen molar-refractivity contribution in [2.24, 2.45) is 0 Å². The molecule has 332 valence electrons. The van der Waals surface area contributed by atoms with Gasteiger partial charge in [-0.1, -0.05) is 180 Å². The molecular formula is C42H81NO12S. The van der Waals surface area contributed by atoms with E-state index in [-0.39, 0.29) is 6.42 Å². The van der Waals surface area contributed by atoms with E-state index in [1.54, 1.807) is 0 Å². The van der Waals surface area contributed by atoms with Gasteiger partial charge in [0.05, 0.1) is 25.4 Å². The molecule has 0 aliphatic carbocycles. The van der Waals surface area contributed by atoms with Crippen molar-refractivity contribution < 1.29 is 57.0 Å². The average molecular weight is 824 g/mol. The second-order valence-corrected chi connectivity index (χ2v) is 16.8. The Morgan fingerprint density at radius 1 is 0.714 bits per heavy atom. The average Bonchev–Trinajstić information content (AvgIpc) is 3.16. The van der Waals surface area contributed by atoms with E-state index in [1.807, 2.05) is 6.08 Å². The van der Waals surface area contributed by atoms with E-state index in [4.69, 9.17) is 14.0 Å². The van der Waals surface area contributed by atoms with Gasteiger partial charge in [0.2, 0.25) is 5.91 Å². The van der Waals surface area contributed by atoms with E-state index in [9.17, 15) is 38.7 Å². The number of hydrogen-bond acceptors (Lipinski definition) is 11. The topological polar surface area (TPSA) is 212 Å². The van der Waals surface area contributed by atoms with Gasteiger partial charge in [-0.3, -0.25) is 9.35 Å². The highest BCUT2D eigenvalue weighted by atomic mass is 32.3. The molecule has 1 fully saturated rings. The van der Waals surface area contributed by atoms with Crippen LogP contribution in [-0.2, 0) is 28.9 Å². The third-order valence-corrected chi connectivity index (χ3v) is 11.1. The van der Waals surface area contributed by atoms with Crippen LogP contribution in [0.2, 0.25) is 0 Å². The summed E-state index contributed by atoms with van der Waals surface area (Å²) in [5, 5.41) is 55.1. The summed E-state index contributed by atoms with van der Waals surface area (Å²) >= 11 is 0. The van der Waals surface area contributed by atoms with Crippen LogP contribution in [0.25, 0.3) is 0 Å². The number of aliphatic hydroxyl groups is 5. The number of carbonyl (C=O) groups is 1. The zero-order valence-electron chi connectivity index (χ0n) is 34.8. The first-order chi connectivity index (χ1) is 26.9. The zero-order valence-corrected chi connectivity index (χ0v) is 35.6. The summed E-state index contributed by atoms with van der Waals surface area (Å²) in [6.45, 7) is 3.20. The number of amides is 1. The molecular weight excluding hydrogens is 743 g/mol. The van der Waals surface area contributed by atoms with Gasteiger partial charge >= 0.3 is 10.4 Å². The number of ether oxygens (including phenoxy) is 2. The van der Waals surface area contributed by atoms with Crippen LogP contribution >= 0.6 is 0 Å². The first-order valence-corrected chi connectivity index (χ1v) is 23.5. The SMILES string of the molecule is CCCCCCCCCCCCCC/C=C/C(O)C(COC1OC(CO)C(O)C(OS(=O)(=O)O)C1O)NC(=O)C(O)CCCCCCCCCCCCCCC. The van der Waals surface area contributed by atoms with Crippen LogP contribution in [0, 0.1) is 0 Å². The van der Waals surface area contributed by atoms with Crippen molar-refractivity contribution in [3.63, 3.8) is 0 Å². The van der Waals surface area contributed by atoms with Gasteiger partial charge in [-0.15, -0.1) is 0 Å². The van der Waals surface area contributed by atoms with Crippen molar-refractivity contribution in [3.8, 4) is 0 Å². The number of carbonyl (C=O) groups excluding carboxylic acids is 1. The Hall–Kier alpha value is -1.20. The Morgan fingerprint density at radius 3 is 1.61 bits per heavy atom. The smallest absolute Gasteiger partial charge is 0.394 e. The van der Waals surface area contributed by atoms with Crippen LogP contribution in [-0.4, -0.2) is 107 Å². The van der Waals surface area contributed by atoms with Crippen LogP contribution in [0.3, 0.4) is 0 Å². The fourth-order valence-corrected chi connectivity index (χ4v) is 7.62. The molecule has 0 aromatic heterocycles. The van der Waals surface area contributed by atoms with Crippen LogP contribution in [0.1, 0.15) is 187 Å². The van der Waals surface area contributed by atoms with Gasteiger partial charge in [0.25, 0.3) is 0 Å². The number of rotatable bonds is 37. The summed E-state index contributed by atoms with van der Waals surface area (Å²) < 4.78 is 47.4. The Kier molecular flexibility index (Phi) is 31.7. The molecule has 8 atom stereocenters. The molecule has 7 N–H and O–H groups in total. The minimum atomic E-state index is -5.11. The minimum absolute atomic E-state index is 0.247. The first kappa shape index (κ1) is 52.8. The molecule has 0 bridgehead atoms. The van der Waals surface area contributed by atoms with Gasteiger partial charge in [-0.05, 0) is 19.3 Å².